The highest BCUT2D eigenvalue weighted by molar-refractivity contribution is 8.01. The third-order valence-corrected chi connectivity index (χ3v) is 6.43. The van der Waals surface area contributed by atoms with E-state index in [2.05, 4.69) is 18.2 Å². The second-order valence-electron chi connectivity index (χ2n) is 5.23. The smallest absolute Gasteiger partial charge is 0.310 e. The van der Waals surface area contributed by atoms with Gasteiger partial charge in [-0.15, -0.1) is 11.8 Å². The number of rotatable bonds is 2. The number of hydrogen-bond donors (Lipinski definition) is 0. The van der Waals surface area contributed by atoms with Gasteiger partial charge in [0.15, 0.2) is 0 Å². The van der Waals surface area contributed by atoms with E-state index in [1.807, 2.05) is 29.2 Å². The Hall–Kier alpha value is -0.450. The van der Waals surface area contributed by atoms with Gasteiger partial charge in [0.25, 0.3) is 0 Å². The molecule has 4 unspecified atom stereocenters. The van der Waals surface area contributed by atoms with Gasteiger partial charge in [0.05, 0.1) is 23.3 Å². The SMILES string of the molecule is CCOC(=O)C1CSC23C=CC=CC2N(Cl)CCC13. The van der Waals surface area contributed by atoms with Crippen LogP contribution in [0.4, 0.5) is 0 Å². The summed E-state index contributed by atoms with van der Waals surface area (Å²) in [6.45, 7) is 3.15. The van der Waals surface area contributed by atoms with E-state index >= 15 is 0 Å². The average molecular weight is 300 g/mol. The van der Waals surface area contributed by atoms with E-state index in [1.165, 1.54) is 0 Å². The number of esters is 1. The van der Waals surface area contributed by atoms with Crippen molar-refractivity contribution in [1.82, 2.24) is 4.42 Å². The molecule has 3 aliphatic rings. The average Bonchev–Trinajstić information content (AvgIpc) is 2.77. The van der Waals surface area contributed by atoms with Crippen LogP contribution in [0.5, 0.6) is 0 Å². The molecular weight excluding hydrogens is 282 g/mol. The second kappa shape index (κ2) is 5.15. The molecule has 19 heavy (non-hydrogen) atoms. The molecule has 0 aromatic rings. The summed E-state index contributed by atoms with van der Waals surface area (Å²) in [6.07, 6.45) is 9.47. The summed E-state index contributed by atoms with van der Waals surface area (Å²) in [7, 11) is 0. The summed E-state index contributed by atoms with van der Waals surface area (Å²) < 4.78 is 7.07. The molecule has 3 rings (SSSR count). The molecule has 0 radical (unpaired) electrons. The van der Waals surface area contributed by atoms with E-state index in [4.69, 9.17) is 16.5 Å². The molecule has 0 amide bonds. The van der Waals surface area contributed by atoms with Crippen LogP contribution in [-0.4, -0.2) is 40.1 Å². The maximum Gasteiger partial charge on any atom is 0.310 e. The van der Waals surface area contributed by atoms with Gasteiger partial charge in [-0.1, -0.05) is 24.3 Å². The van der Waals surface area contributed by atoms with Crippen LogP contribution in [0.25, 0.3) is 0 Å². The number of hydrogen-bond acceptors (Lipinski definition) is 4. The first-order valence-corrected chi connectivity index (χ1v) is 8.10. The van der Waals surface area contributed by atoms with E-state index in [0.717, 1.165) is 18.7 Å². The number of thioether (sulfide) groups is 1. The lowest BCUT2D eigenvalue weighted by atomic mass is 9.72. The Morgan fingerprint density at radius 1 is 1.58 bits per heavy atom. The molecule has 2 fully saturated rings. The zero-order valence-corrected chi connectivity index (χ0v) is 12.5. The van der Waals surface area contributed by atoms with Crippen LogP contribution in [0.2, 0.25) is 0 Å². The van der Waals surface area contributed by atoms with Crippen LogP contribution in [0.1, 0.15) is 13.3 Å². The number of halogens is 1. The molecule has 2 heterocycles. The van der Waals surface area contributed by atoms with Crippen molar-refractivity contribution >= 4 is 29.5 Å². The van der Waals surface area contributed by atoms with E-state index in [-0.39, 0.29) is 22.7 Å². The molecule has 4 atom stereocenters. The van der Waals surface area contributed by atoms with Crippen molar-refractivity contribution in [3.8, 4) is 0 Å². The number of carbonyl (C=O) groups is 1. The maximum absolute atomic E-state index is 12.1. The molecule has 104 valence electrons. The Morgan fingerprint density at radius 3 is 3.21 bits per heavy atom. The fraction of sp³-hybridized carbons (Fsp3) is 0.643. The minimum atomic E-state index is -0.0494. The fourth-order valence-corrected chi connectivity index (χ4v) is 5.76. The van der Waals surface area contributed by atoms with Crippen LogP contribution in [0.3, 0.4) is 0 Å². The molecule has 0 aromatic carbocycles. The summed E-state index contributed by atoms with van der Waals surface area (Å²) in [5.74, 6) is 1.14. The maximum atomic E-state index is 12.1. The molecule has 0 saturated carbocycles. The summed E-state index contributed by atoms with van der Waals surface area (Å²) in [5.41, 5.74) is 0. The van der Waals surface area contributed by atoms with Crippen molar-refractivity contribution in [1.29, 1.82) is 0 Å². The molecule has 3 nitrogen and oxygen atoms in total. The van der Waals surface area contributed by atoms with Crippen LogP contribution < -0.4 is 0 Å². The minimum absolute atomic E-state index is 0.00830. The summed E-state index contributed by atoms with van der Waals surface area (Å²) in [4.78, 5) is 12.1. The van der Waals surface area contributed by atoms with Gasteiger partial charge in [-0.05, 0) is 31.0 Å². The molecular formula is C14H18ClNO2S. The van der Waals surface area contributed by atoms with Gasteiger partial charge in [0.2, 0.25) is 0 Å². The lowest BCUT2D eigenvalue weighted by Gasteiger charge is -2.47. The van der Waals surface area contributed by atoms with Gasteiger partial charge in [0.1, 0.15) is 0 Å². The highest BCUT2D eigenvalue weighted by Gasteiger charge is 2.57. The van der Waals surface area contributed by atoms with E-state index in [0.29, 0.717) is 12.5 Å². The Bertz CT molecular complexity index is 439. The first-order chi connectivity index (χ1) is 9.19. The van der Waals surface area contributed by atoms with Gasteiger partial charge in [-0.25, -0.2) is 4.42 Å². The van der Waals surface area contributed by atoms with Gasteiger partial charge in [-0.3, -0.25) is 4.79 Å². The predicted octanol–water partition coefficient (Wildman–Crippen LogP) is 2.62. The molecule has 0 N–H and O–H groups in total. The van der Waals surface area contributed by atoms with Crippen LogP contribution >= 0.6 is 23.5 Å². The molecule has 2 aliphatic heterocycles. The first kappa shape index (κ1) is 13.5. The second-order valence-corrected chi connectivity index (χ2v) is 6.99. The molecule has 0 aromatic heterocycles. The van der Waals surface area contributed by atoms with Crippen molar-refractivity contribution in [2.75, 3.05) is 18.9 Å². The van der Waals surface area contributed by atoms with E-state index in [1.54, 1.807) is 0 Å². The van der Waals surface area contributed by atoms with Gasteiger partial charge >= 0.3 is 5.97 Å². The van der Waals surface area contributed by atoms with E-state index in [9.17, 15) is 4.79 Å². The lowest BCUT2D eigenvalue weighted by molar-refractivity contribution is -0.149. The molecule has 1 spiro atoms. The number of nitrogens with zero attached hydrogens (tertiary/aromatic N) is 1. The Morgan fingerprint density at radius 2 is 2.42 bits per heavy atom. The lowest BCUT2D eigenvalue weighted by Crippen LogP contribution is -2.55. The quantitative estimate of drug-likeness (QED) is 0.579. The van der Waals surface area contributed by atoms with Crippen molar-refractivity contribution in [3.05, 3.63) is 24.3 Å². The van der Waals surface area contributed by atoms with Crippen molar-refractivity contribution in [3.63, 3.8) is 0 Å². The molecule has 0 bridgehead atoms. The zero-order chi connectivity index (χ0) is 13.5. The number of ether oxygens (including phenoxy) is 1. The molecule has 5 heteroatoms. The minimum Gasteiger partial charge on any atom is -0.466 e. The van der Waals surface area contributed by atoms with Crippen LogP contribution in [0, 0.1) is 11.8 Å². The zero-order valence-electron chi connectivity index (χ0n) is 10.9. The molecule has 2 saturated heterocycles. The van der Waals surface area contributed by atoms with Gasteiger partial charge in [-0.2, -0.15) is 0 Å². The number of carbonyl (C=O) groups excluding carboxylic acids is 1. The van der Waals surface area contributed by atoms with Crippen molar-refractivity contribution in [2.24, 2.45) is 11.8 Å². The third kappa shape index (κ3) is 2.05. The first-order valence-electron chi connectivity index (χ1n) is 6.78. The van der Waals surface area contributed by atoms with Crippen LogP contribution in [0.15, 0.2) is 24.3 Å². The highest BCUT2D eigenvalue weighted by Crippen LogP contribution is 2.56. The Balaban J connectivity index is 1.89. The molecule has 1 aliphatic carbocycles. The number of allylic oxidation sites excluding steroid dienone is 2. The third-order valence-electron chi connectivity index (χ3n) is 4.35. The Kier molecular flexibility index (Phi) is 3.67. The normalized spacial score (nSPS) is 40.8. The van der Waals surface area contributed by atoms with Crippen LogP contribution in [-0.2, 0) is 9.53 Å². The summed E-state index contributed by atoms with van der Waals surface area (Å²) in [6, 6.07) is 0.183. The standard InChI is InChI=1S/C14H18ClNO2S/c1-2-18-13(17)10-9-19-14-7-4-3-5-12(14)16(15)8-6-11(10)14/h3-5,7,10-12H,2,6,8-9H2,1H3. The summed E-state index contributed by atoms with van der Waals surface area (Å²) in [5, 5.41) is 0. The predicted molar refractivity (Wildman–Crippen MR) is 78.0 cm³/mol. The van der Waals surface area contributed by atoms with Crippen molar-refractivity contribution in [2.45, 2.75) is 24.1 Å². The van der Waals surface area contributed by atoms with Crippen molar-refractivity contribution < 1.29 is 9.53 Å². The monoisotopic (exact) mass is 299 g/mol. The topological polar surface area (TPSA) is 29.5 Å². The number of piperidine rings is 1. The van der Waals surface area contributed by atoms with Gasteiger partial charge in [0, 0.05) is 12.3 Å². The summed E-state index contributed by atoms with van der Waals surface area (Å²) >= 11 is 8.22. The Labute approximate surface area is 123 Å². The highest BCUT2D eigenvalue weighted by atomic mass is 35.5. The fourth-order valence-electron chi connectivity index (χ4n) is 3.49. The van der Waals surface area contributed by atoms with Gasteiger partial charge < -0.3 is 4.74 Å². The largest absolute Gasteiger partial charge is 0.466 e. The van der Waals surface area contributed by atoms with E-state index < -0.39 is 0 Å².